The molecule has 0 bridgehead atoms. The van der Waals surface area contributed by atoms with Gasteiger partial charge in [-0.25, -0.2) is 0 Å². The Balaban J connectivity index is 1.92. The Bertz CT molecular complexity index is 324. The van der Waals surface area contributed by atoms with E-state index in [0.29, 0.717) is 25.2 Å². The molecular formula is C14H26N2O3. The van der Waals surface area contributed by atoms with Crippen molar-refractivity contribution in [3.63, 3.8) is 0 Å². The second-order valence-corrected chi connectivity index (χ2v) is 5.77. The third kappa shape index (κ3) is 3.27. The van der Waals surface area contributed by atoms with Crippen molar-refractivity contribution in [2.24, 2.45) is 5.73 Å². The summed E-state index contributed by atoms with van der Waals surface area (Å²) in [6, 6.07) is 0.396. The summed E-state index contributed by atoms with van der Waals surface area (Å²) in [5.41, 5.74) is 5.44. The molecule has 0 aromatic carbocycles. The number of hydrogen-bond donors (Lipinski definition) is 1. The average Bonchev–Trinajstić information content (AvgIpc) is 2.83. The van der Waals surface area contributed by atoms with Gasteiger partial charge in [0.1, 0.15) is 5.54 Å². The molecule has 0 spiro atoms. The molecule has 3 atom stereocenters. The molecule has 0 amide bonds. The standard InChI is InChI=1S/C14H26N2O3/c1-3-19-13(17)14(15)7-6-11(9-14)16-8-4-5-12(10-16)18-2/h11-12H,3-10,15H2,1-2H3. The predicted octanol–water partition coefficient (Wildman–Crippen LogP) is 0.910. The van der Waals surface area contributed by atoms with Gasteiger partial charge in [0.25, 0.3) is 0 Å². The molecule has 0 aromatic rings. The number of esters is 1. The van der Waals surface area contributed by atoms with Crippen LogP contribution in [0.4, 0.5) is 0 Å². The van der Waals surface area contributed by atoms with E-state index in [1.165, 1.54) is 0 Å². The molecule has 2 aliphatic rings. The van der Waals surface area contributed by atoms with Gasteiger partial charge in [-0.15, -0.1) is 0 Å². The maximum Gasteiger partial charge on any atom is 0.326 e. The number of nitrogens with two attached hydrogens (primary N) is 1. The molecule has 1 saturated carbocycles. The highest BCUT2D eigenvalue weighted by Crippen LogP contribution is 2.33. The first kappa shape index (κ1) is 14.8. The van der Waals surface area contributed by atoms with Crippen LogP contribution < -0.4 is 5.73 Å². The Morgan fingerprint density at radius 3 is 2.95 bits per heavy atom. The number of rotatable bonds is 4. The first-order valence-electron chi connectivity index (χ1n) is 7.32. The lowest BCUT2D eigenvalue weighted by Gasteiger charge is -2.36. The van der Waals surface area contributed by atoms with E-state index in [-0.39, 0.29) is 5.97 Å². The summed E-state index contributed by atoms with van der Waals surface area (Å²) in [5.74, 6) is -0.238. The van der Waals surface area contributed by atoms with Crippen LogP contribution in [0.2, 0.25) is 0 Å². The Hall–Kier alpha value is -0.650. The molecule has 2 rings (SSSR count). The van der Waals surface area contributed by atoms with E-state index < -0.39 is 5.54 Å². The smallest absolute Gasteiger partial charge is 0.326 e. The van der Waals surface area contributed by atoms with Gasteiger partial charge in [0, 0.05) is 19.7 Å². The maximum atomic E-state index is 11.9. The maximum absolute atomic E-state index is 11.9. The van der Waals surface area contributed by atoms with Crippen LogP contribution in [0.15, 0.2) is 0 Å². The van der Waals surface area contributed by atoms with Crippen molar-refractivity contribution in [2.45, 2.75) is 56.7 Å². The van der Waals surface area contributed by atoms with Gasteiger partial charge in [-0.1, -0.05) is 0 Å². The second kappa shape index (κ2) is 6.20. The minimum Gasteiger partial charge on any atom is -0.465 e. The first-order chi connectivity index (χ1) is 9.09. The molecule has 1 heterocycles. The minimum absolute atomic E-state index is 0.238. The van der Waals surface area contributed by atoms with E-state index in [9.17, 15) is 4.79 Å². The highest BCUT2D eigenvalue weighted by Gasteiger charge is 2.45. The molecule has 1 aliphatic heterocycles. The van der Waals surface area contributed by atoms with E-state index in [2.05, 4.69) is 4.90 Å². The predicted molar refractivity (Wildman–Crippen MR) is 72.8 cm³/mol. The lowest BCUT2D eigenvalue weighted by Crippen LogP contribution is -2.50. The minimum atomic E-state index is -0.777. The van der Waals surface area contributed by atoms with Crippen molar-refractivity contribution < 1.29 is 14.3 Å². The normalized spacial score (nSPS) is 36.4. The molecule has 1 saturated heterocycles. The van der Waals surface area contributed by atoms with E-state index in [1.807, 2.05) is 6.92 Å². The van der Waals surface area contributed by atoms with Crippen LogP contribution in [0.3, 0.4) is 0 Å². The molecule has 110 valence electrons. The van der Waals surface area contributed by atoms with Crippen LogP contribution in [-0.2, 0) is 14.3 Å². The number of methoxy groups -OCH3 is 1. The molecule has 2 N–H and O–H groups in total. The Morgan fingerprint density at radius 2 is 2.26 bits per heavy atom. The number of carbonyl (C=O) groups excluding carboxylic acids is 1. The fourth-order valence-corrected chi connectivity index (χ4v) is 3.31. The number of likely N-dealkylation sites (tertiary alicyclic amines) is 1. The van der Waals surface area contributed by atoms with Crippen LogP contribution in [0, 0.1) is 0 Å². The summed E-state index contributed by atoms with van der Waals surface area (Å²) in [4.78, 5) is 14.4. The van der Waals surface area contributed by atoms with E-state index in [0.717, 1.165) is 38.8 Å². The largest absolute Gasteiger partial charge is 0.465 e. The van der Waals surface area contributed by atoms with Gasteiger partial charge in [-0.3, -0.25) is 9.69 Å². The fraction of sp³-hybridized carbons (Fsp3) is 0.929. The molecule has 0 radical (unpaired) electrons. The van der Waals surface area contributed by atoms with Crippen LogP contribution in [-0.4, -0.2) is 55.4 Å². The van der Waals surface area contributed by atoms with Crippen molar-refractivity contribution >= 4 is 5.97 Å². The Morgan fingerprint density at radius 1 is 1.47 bits per heavy atom. The zero-order chi connectivity index (χ0) is 13.9. The summed E-state index contributed by atoms with van der Waals surface area (Å²) >= 11 is 0. The topological polar surface area (TPSA) is 64.8 Å². The summed E-state index contributed by atoms with van der Waals surface area (Å²) in [6.07, 6.45) is 5.03. The summed E-state index contributed by atoms with van der Waals surface area (Å²) in [5, 5.41) is 0. The average molecular weight is 270 g/mol. The van der Waals surface area contributed by atoms with Gasteiger partial charge in [0.15, 0.2) is 0 Å². The quantitative estimate of drug-likeness (QED) is 0.769. The molecule has 2 fully saturated rings. The van der Waals surface area contributed by atoms with E-state index in [4.69, 9.17) is 15.2 Å². The number of carbonyl (C=O) groups is 1. The molecule has 1 aliphatic carbocycles. The van der Waals surface area contributed by atoms with Gasteiger partial charge in [0.05, 0.1) is 12.7 Å². The van der Waals surface area contributed by atoms with Crippen molar-refractivity contribution in [1.29, 1.82) is 0 Å². The molecule has 5 heteroatoms. The third-order valence-corrected chi connectivity index (χ3v) is 4.46. The number of piperidine rings is 1. The molecule has 19 heavy (non-hydrogen) atoms. The van der Waals surface area contributed by atoms with Gasteiger partial charge >= 0.3 is 5.97 Å². The SMILES string of the molecule is CCOC(=O)C1(N)CCC(N2CCCC(OC)C2)C1. The van der Waals surface area contributed by atoms with Crippen LogP contribution in [0.25, 0.3) is 0 Å². The number of nitrogens with zero attached hydrogens (tertiary/aromatic N) is 1. The monoisotopic (exact) mass is 270 g/mol. The summed E-state index contributed by atoms with van der Waals surface area (Å²) in [6.45, 7) is 4.27. The second-order valence-electron chi connectivity index (χ2n) is 5.77. The van der Waals surface area contributed by atoms with Crippen LogP contribution >= 0.6 is 0 Å². The molecular weight excluding hydrogens is 244 g/mol. The van der Waals surface area contributed by atoms with E-state index >= 15 is 0 Å². The number of ether oxygens (including phenoxy) is 2. The van der Waals surface area contributed by atoms with Crippen molar-refractivity contribution in [2.75, 3.05) is 26.8 Å². The van der Waals surface area contributed by atoms with Crippen molar-refractivity contribution in [1.82, 2.24) is 4.90 Å². The van der Waals surface area contributed by atoms with Gasteiger partial charge in [0.2, 0.25) is 0 Å². The van der Waals surface area contributed by atoms with Gasteiger partial charge < -0.3 is 15.2 Å². The zero-order valence-electron chi connectivity index (χ0n) is 12.1. The highest BCUT2D eigenvalue weighted by molar-refractivity contribution is 5.81. The molecule has 0 aromatic heterocycles. The highest BCUT2D eigenvalue weighted by atomic mass is 16.5. The van der Waals surface area contributed by atoms with Crippen LogP contribution in [0.1, 0.15) is 39.0 Å². The lowest BCUT2D eigenvalue weighted by molar-refractivity contribution is -0.149. The summed E-state index contributed by atoms with van der Waals surface area (Å²) < 4.78 is 10.6. The Kier molecular flexibility index (Phi) is 4.81. The first-order valence-corrected chi connectivity index (χ1v) is 7.32. The molecule has 5 nitrogen and oxygen atoms in total. The zero-order valence-corrected chi connectivity index (χ0v) is 12.1. The lowest BCUT2D eigenvalue weighted by atomic mass is 9.98. The van der Waals surface area contributed by atoms with Crippen molar-refractivity contribution in [3.05, 3.63) is 0 Å². The molecule has 3 unspecified atom stereocenters. The van der Waals surface area contributed by atoms with Gasteiger partial charge in [-0.05, 0) is 45.6 Å². The van der Waals surface area contributed by atoms with E-state index in [1.54, 1.807) is 7.11 Å². The van der Waals surface area contributed by atoms with Crippen LogP contribution in [0.5, 0.6) is 0 Å². The third-order valence-electron chi connectivity index (χ3n) is 4.46. The summed E-state index contributed by atoms with van der Waals surface area (Å²) in [7, 11) is 1.77. The fourth-order valence-electron chi connectivity index (χ4n) is 3.31. The van der Waals surface area contributed by atoms with Crippen molar-refractivity contribution in [3.8, 4) is 0 Å². The number of hydrogen-bond acceptors (Lipinski definition) is 5. The van der Waals surface area contributed by atoms with Gasteiger partial charge in [-0.2, -0.15) is 0 Å². The Labute approximate surface area is 115 Å².